The van der Waals surface area contributed by atoms with E-state index in [-0.39, 0.29) is 0 Å². The van der Waals surface area contributed by atoms with Gasteiger partial charge in [-0.05, 0) is 36.4 Å². The summed E-state index contributed by atoms with van der Waals surface area (Å²) in [5.41, 5.74) is 6.28. The van der Waals surface area contributed by atoms with Crippen LogP contribution in [0.2, 0.25) is 0 Å². The highest BCUT2D eigenvalue weighted by Gasteiger charge is 2.14. The largest absolute Gasteiger partial charge is 0.497 e. The molecule has 138 valence electrons. The molecule has 0 saturated heterocycles. The molecular formula is C20H19N3O4. The van der Waals surface area contributed by atoms with Crippen LogP contribution >= 0.6 is 0 Å². The molecule has 3 rings (SSSR count). The molecule has 0 aliphatic rings. The van der Waals surface area contributed by atoms with Crippen LogP contribution in [0.3, 0.4) is 0 Å². The molecule has 27 heavy (non-hydrogen) atoms. The lowest BCUT2D eigenvalue weighted by atomic mass is 10.1. The highest BCUT2D eigenvalue weighted by atomic mass is 16.5. The number of nitrogens with one attached hydrogen (secondary N) is 2. The molecule has 0 unspecified atom stereocenters. The van der Waals surface area contributed by atoms with Crippen LogP contribution in [0.25, 0.3) is 5.69 Å². The Labute approximate surface area is 156 Å². The van der Waals surface area contributed by atoms with E-state index in [2.05, 4.69) is 10.9 Å². The Hall–Kier alpha value is -3.74. The molecule has 7 heteroatoms. The van der Waals surface area contributed by atoms with Crippen molar-refractivity contribution < 1.29 is 19.1 Å². The zero-order valence-electron chi connectivity index (χ0n) is 14.9. The van der Waals surface area contributed by atoms with Crippen molar-refractivity contribution in [1.29, 1.82) is 0 Å². The van der Waals surface area contributed by atoms with Gasteiger partial charge >= 0.3 is 0 Å². The normalized spacial score (nSPS) is 10.1. The molecular weight excluding hydrogens is 346 g/mol. The summed E-state index contributed by atoms with van der Waals surface area (Å²) in [5, 5.41) is 0. The van der Waals surface area contributed by atoms with Gasteiger partial charge < -0.3 is 14.0 Å². The number of carbonyl (C=O) groups is 2. The van der Waals surface area contributed by atoms with Gasteiger partial charge in [0.2, 0.25) is 0 Å². The van der Waals surface area contributed by atoms with Crippen LogP contribution in [-0.4, -0.2) is 30.6 Å². The summed E-state index contributed by atoms with van der Waals surface area (Å²) in [7, 11) is 2.99. The average Bonchev–Trinajstić information content (AvgIpc) is 3.26. The SMILES string of the molecule is COc1cc(OC)cc(C(=O)NNC(=O)c2ccccc2-n2cccc2)c1. The lowest BCUT2D eigenvalue weighted by Gasteiger charge is -2.12. The summed E-state index contributed by atoms with van der Waals surface area (Å²) in [5.74, 6) is 0.0362. The van der Waals surface area contributed by atoms with E-state index in [1.807, 2.05) is 41.2 Å². The van der Waals surface area contributed by atoms with Gasteiger partial charge in [-0.1, -0.05) is 12.1 Å². The number of aromatic nitrogens is 1. The number of methoxy groups -OCH3 is 2. The number of para-hydroxylation sites is 1. The number of amides is 2. The smallest absolute Gasteiger partial charge is 0.271 e. The molecule has 2 aromatic carbocycles. The fourth-order valence-electron chi connectivity index (χ4n) is 2.58. The third-order valence-corrected chi connectivity index (χ3v) is 3.93. The number of carbonyl (C=O) groups excluding carboxylic acids is 2. The molecule has 0 radical (unpaired) electrons. The van der Waals surface area contributed by atoms with Gasteiger partial charge in [0.25, 0.3) is 11.8 Å². The number of nitrogens with zero attached hydrogens (tertiary/aromatic N) is 1. The van der Waals surface area contributed by atoms with Crippen LogP contribution in [0.5, 0.6) is 11.5 Å². The molecule has 2 amide bonds. The van der Waals surface area contributed by atoms with Crippen LogP contribution in [-0.2, 0) is 0 Å². The van der Waals surface area contributed by atoms with Crippen molar-refractivity contribution in [2.24, 2.45) is 0 Å². The minimum atomic E-state index is -0.487. The van der Waals surface area contributed by atoms with Gasteiger partial charge in [-0.15, -0.1) is 0 Å². The maximum atomic E-state index is 12.6. The number of hydrazine groups is 1. The van der Waals surface area contributed by atoms with E-state index < -0.39 is 11.8 Å². The summed E-state index contributed by atoms with van der Waals surface area (Å²) < 4.78 is 12.1. The van der Waals surface area contributed by atoms with Crippen LogP contribution in [0.4, 0.5) is 0 Å². The van der Waals surface area contributed by atoms with Crippen LogP contribution in [0, 0.1) is 0 Å². The van der Waals surface area contributed by atoms with E-state index in [0.717, 1.165) is 0 Å². The predicted octanol–water partition coefficient (Wildman–Crippen LogP) is 2.57. The molecule has 0 aliphatic heterocycles. The Morgan fingerprint density at radius 3 is 2.04 bits per heavy atom. The van der Waals surface area contributed by atoms with Gasteiger partial charge in [-0.2, -0.15) is 0 Å². The van der Waals surface area contributed by atoms with Crippen molar-refractivity contribution in [2.75, 3.05) is 14.2 Å². The third kappa shape index (κ3) is 4.09. The Kier molecular flexibility index (Phi) is 5.41. The summed E-state index contributed by atoms with van der Waals surface area (Å²) >= 11 is 0. The Bertz CT molecular complexity index is 929. The van der Waals surface area contributed by atoms with E-state index in [4.69, 9.17) is 9.47 Å². The van der Waals surface area contributed by atoms with Crippen molar-refractivity contribution in [3.8, 4) is 17.2 Å². The van der Waals surface area contributed by atoms with E-state index in [1.54, 1.807) is 30.3 Å². The molecule has 2 N–H and O–H groups in total. The van der Waals surface area contributed by atoms with Gasteiger partial charge in [0, 0.05) is 24.0 Å². The first kappa shape index (κ1) is 18.1. The molecule has 0 spiro atoms. The summed E-state index contributed by atoms with van der Waals surface area (Å²) in [4.78, 5) is 24.9. The molecule has 1 heterocycles. The average molecular weight is 365 g/mol. The summed E-state index contributed by atoms with van der Waals surface area (Å²) in [6.07, 6.45) is 3.68. The number of ether oxygens (including phenoxy) is 2. The summed E-state index contributed by atoms with van der Waals surface area (Å²) in [6, 6.07) is 15.6. The predicted molar refractivity (Wildman–Crippen MR) is 100 cm³/mol. The van der Waals surface area contributed by atoms with E-state index in [1.165, 1.54) is 14.2 Å². The second kappa shape index (κ2) is 8.09. The Balaban J connectivity index is 1.74. The highest BCUT2D eigenvalue weighted by Crippen LogP contribution is 2.22. The third-order valence-electron chi connectivity index (χ3n) is 3.93. The van der Waals surface area contributed by atoms with Gasteiger partial charge in [0.15, 0.2) is 0 Å². The first-order valence-electron chi connectivity index (χ1n) is 8.18. The zero-order valence-corrected chi connectivity index (χ0v) is 14.9. The minimum absolute atomic E-state index is 0.296. The summed E-state index contributed by atoms with van der Waals surface area (Å²) in [6.45, 7) is 0. The van der Waals surface area contributed by atoms with Gasteiger partial charge in [0.05, 0.1) is 25.5 Å². The van der Waals surface area contributed by atoms with Gasteiger partial charge in [-0.3, -0.25) is 20.4 Å². The maximum absolute atomic E-state index is 12.6. The molecule has 0 fully saturated rings. The number of hydrogen-bond donors (Lipinski definition) is 2. The lowest BCUT2D eigenvalue weighted by Crippen LogP contribution is -2.42. The Morgan fingerprint density at radius 2 is 1.41 bits per heavy atom. The standard InChI is InChI=1S/C20H19N3O4/c1-26-15-11-14(12-16(13-15)27-2)19(24)21-22-20(25)17-7-3-4-8-18(17)23-9-5-6-10-23/h3-13H,1-2H3,(H,21,24)(H,22,25). The van der Waals surface area contributed by atoms with Crippen molar-refractivity contribution in [3.63, 3.8) is 0 Å². The minimum Gasteiger partial charge on any atom is -0.497 e. The Morgan fingerprint density at radius 1 is 0.815 bits per heavy atom. The quantitative estimate of drug-likeness (QED) is 0.681. The molecule has 3 aromatic rings. The van der Waals surface area contributed by atoms with Crippen molar-refractivity contribution in [1.82, 2.24) is 15.4 Å². The number of rotatable bonds is 5. The van der Waals surface area contributed by atoms with E-state index >= 15 is 0 Å². The number of hydrogen-bond acceptors (Lipinski definition) is 4. The van der Waals surface area contributed by atoms with Crippen LogP contribution in [0.1, 0.15) is 20.7 Å². The van der Waals surface area contributed by atoms with E-state index in [9.17, 15) is 9.59 Å². The molecule has 7 nitrogen and oxygen atoms in total. The van der Waals surface area contributed by atoms with Crippen LogP contribution in [0.15, 0.2) is 67.0 Å². The van der Waals surface area contributed by atoms with Gasteiger partial charge in [0.1, 0.15) is 11.5 Å². The fourth-order valence-corrected chi connectivity index (χ4v) is 2.58. The first-order chi connectivity index (χ1) is 13.1. The molecule has 0 saturated carbocycles. The lowest BCUT2D eigenvalue weighted by molar-refractivity contribution is 0.0846. The fraction of sp³-hybridized carbons (Fsp3) is 0.100. The van der Waals surface area contributed by atoms with E-state index in [0.29, 0.717) is 28.3 Å². The maximum Gasteiger partial charge on any atom is 0.271 e. The number of benzene rings is 2. The topological polar surface area (TPSA) is 81.6 Å². The second-order valence-corrected chi connectivity index (χ2v) is 5.62. The zero-order chi connectivity index (χ0) is 19.2. The molecule has 0 atom stereocenters. The van der Waals surface area contributed by atoms with Crippen molar-refractivity contribution in [2.45, 2.75) is 0 Å². The molecule has 1 aromatic heterocycles. The van der Waals surface area contributed by atoms with Crippen molar-refractivity contribution in [3.05, 3.63) is 78.1 Å². The monoisotopic (exact) mass is 365 g/mol. The molecule has 0 bridgehead atoms. The molecule has 0 aliphatic carbocycles. The first-order valence-corrected chi connectivity index (χ1v) is 8.18. The second-order valence-electron chi connectivity index (χ2n) is 5.62. The van der Waals surface area contributed by atoms with Crippen LogP contribution < -0.4 is 20.3 Å². The highest BCUT2D eigenvalue weighted by molar-refractivity contribution is 6.01. The van der Waals surface area contributed by atoms with Gasteiger partial charge in [-0.25, -0.2) is 0 Å². The van der Waals surface area contributed by atoms with Crippen molar-refractivity contribution >= 4 is 11.8 Å².